The Morgan fingerprint density at radius 2 is 2.00 bits per heavy atom. The first kappa shape index (κ1) is 12.8. The quantitative estimate of drug-likeness (QED) is 0.819. The average molecular weight is 259 g/mol. The molecule has 1 heterocycles. The maximum Gasteiger partial charge on any atom is 0.254 e. The molecule has 0 fully saturated rings. The molecule has 0 radical (unpaired) electrons. The lowest BCUT2D eigenvalue weighted by atomic mass is 10.1. The van der Waals surface area contributed by atoms with Crippen LogP contribution in [-0.4, -0.2) is 17.4 Å². The zero-order valence-electron chi connectivity index (χ0n) is 10.7. The van der Waals surface area contributed by atoms with E-state index in [2.05, 4.69) is 6.07 Å². The summed E-state index contributed by atoms with van der Waals surface area (Å²) < 4.78 is 0. The summed E-state index contributed by atoms with van der Waals surface area (Å²) in [4.78, 5) is 15.6. The molecule has 1 aromatic carbocycles. The Labute approximate surface area is 112 Å². The Morgan fingerprint density at radius 3 is 2.61 bits per heavy atom. The molecule has 1 amide bonds. The highest BCUT2D eigenvalue weighted by Gasteiger charge is 2.16. The highest BCUT2D eigenvalue weighted by atomic mass is 32.1. The smallest absolute Gasteiger partial charge is 0.254 e. The third kappa shape index (κ3) is 2.79. The number of carbonyl (C=O) groups excluding carboxylic acids is 1. The molecule has 0 atom stereocenters. The van der Waals surface area contributed by atoms with Crippen LogP contribution in [0.1, 0.15) is 27.7 Å². The van der Waals surface area contributed by atoms with Crippen molar-refractivity contribution in [1.29, 1.82) is 0 Å². The van der Waals surface area contributed by atoms with Crippen molar-refractivity contribution in [1.82, 2.24) is 4.90 Å². The Hall–Kier alpha value is -1.61. The van der Waals surface area contributed by atoms with Gasteiger partial charge in [-0.05, 0) is 36.9 Å². The maximum absolute atomic E-state index is 12.5. The molecule has 18 heavy (non-hydrogen) atoms. The molecule has 0 aliphatic carbocycles. The number of aryl methyl sites for hydroxylation is 1. The number of hydrogen-bond donors (Lipinski definition) is 0. The first-order valence-corrected chi connectivity index (χ1v) is 6.97. The molecule has 2 nitrogen and oxygen atoms in total. The lowest BCUT2D eigenvalue weighted by Crippen LogP contribution is -2.30. The second-order valence-electron chi connectivity index (χ2n) is 4.21. The molecule has 0 bridgehead atoms. The molecule has 3 heteroatoms. The average Bonchev–Trinajstić information content (AvgIpc) is 2.88. The van der Waals surface area contributed by atoms with E-state index in [-0.39, 0.29) is 5.91 Å². The van der Waals surface area contributed by atoms with E-state index < -0.39 is 0 Å². The van der Waals surface area contributed by atoms with E-state index in [0.717, 1.165) is 17.7 Å². The molecule has 2 rings (SSSR count). The van der Waals surface area contributed by atoms with E-state index in [1.165, 1.54) is 4.88 Å². The van der Waals surface area contributed by atoms with Crippen molar-refractivity contribution in [2.45, 2.75) is 20.4 Å². The molecule has 0 spiro atoms. The van der Waals surface area contributed by atoms with E-state index >= 15 is 0 Å². The van der Waals surface area contributed by atoms with Crippen LogP contribution in [0.3, 0.4) is 0 Å². The van der Waals surface area contributed by atoms with Crippen molar-refractivity contribution >= 4 is 17.2 Å². The molecule has 0 saturated heterocycles. The van der Waals surface area contributed by atoms with Gasteiger partial charge in [0.15, 0.2) is 0 Å². The van der Waals surface area contributed by atoms with Gasteiger partial charge < -0.3 is 4.90 Å². The van der Waals surface area contributed by atoms with Crippen LogP contribution in [0.5, 0.6) is 0 Å². The normalized spacial score (nSPS) is 10.3. The molecular formula is C15H17NOS. The van der Waals surface area contributed by atoms with E-state index in [9.17, 15) is 4.79 Å². The molecule has 0 aliphatic rings. The fourth-order valence-corrected chi connectivity index (χ4v) is 2.62. The van der Waals surface area contributed by atoms with Crippen LogP contribution in [0, 0.1) is 6.92 Å². The highest BCUT2D eigenvalue weighted by Crippen LogP contribution is 2.16. The SMILES string of the molecule is CCN(Cc1cccs1)C(=O)c1ccccc1C. The largest absolute Gasteiger partial charge is 0.334 e. The Morgan fingerprint density at radius 1 is 1.22 bits per heavy atom. The van der Waals surface area contributed by atoms with Crippen molar-refractivity contribution in [3.8, 4) is 0 Å². The summed E-state index contributed by atoms with van der Waals surface area (Å²) in [7, 11) is 0. The molecule has 0 unspecified atom stereocenters. The topological polar surface area (TPSA) is 20.3 Å². The number of amides is 1. The number of rotatable bonds is 4. The monoisotopic (exact) mass is 259 g/mol. The number of hydrogen-bond acceptors (Lipinski definition) is 2. The van der Waals surface area contributed by atoms with Gasteiger partial charge in [-0.2, -0.15) is 0 Å². The molecule has 2 aromatic rings. The third-order valence-corrected chi connectivity index (χ3v) is 3.83. The Bertz CT molecular complexity index is 519. The Balaban J connectivity index is 2.18. The molecule has 0 aliphatic heterocycles. The third-order valence-electron chi connectivity index (χ3n) is 2.97. The van der Waals surface area contributed by atoms with E-state index in [1.807, 2.05) is 54.5 Å². The van der Waals surface area contributed by atoms with Crippen LogP contribution in [0.2, 0.25) is 0 Å². The number of nitrogens with zero attached hydrogens (tertiary/aromatic N) is 1. The van der Waals surface area contributed by atoms with Crippen LogP contribution in [0.4, 0.5) is 0 Å². The summed E-state index contributed by atoms with van der Waals surface area (Å²) in [5.74, 6) is 0.115. The van der Waals surface area contributed by atoms with Crippen molar-refractivity contribution in [2.75, 3.05) is 6.54 Å². The fraction of sp³-hybridized carbons (Fsp3) is 0.267. The van der Waals surface area contributed by atoms with Crippen molar-refractivity contribution in [3.63, 3.8) is 0 Å². The minimum Gasteiger partial charge on any atom is -0.334 e. The van der Waals surface area contributed by atoms with E-state index in [0.29, 0.717) is 6.54 Å². The van der Waals surface area contributed by atoms with Crippen molar-refractivity contribution in [3.05, 3.63) is 57.8 Å². The molecular weight excluding hydrogens is 242 g/mol. The predicted octanol–water partition coefficient (Wildman–Crippen LogP) is 3.72. The first-order chi connectivity index (χ1) is 8.72. The van der Waals surface area contributed by atoms with Gasteiger partial charge >= 0.3 is 0 Å². The van der Waals surface area contributed by atoms with Gasteiger partial charge in [0, 0.05) is 17.0 Å². The minimum absolute atomic E-state index is 0.115. The van der Waals surface area contributed by atoms with Gasteiger partial charge in [0.2, 0.25) is 0 Å². The molecule has 0 saturated carbocycles. The van der Waals surface area contributed by atoms with Gasteiger partial charge in [-0.25, -0.2) is 0 Å². The lowest BCUT2D eigenvalue weighted by Gasteiger charge is -2.21. The summed E-state index contributed by atoms with van der Waals surface area (Å²) in [6, 6.07) is 11.8. The van der Waals surface area contributed by atoms with Crippen LogP contribution in [-0.2, 0) is 6.54 Å². The standard InChI is InChI=1S/C15H17NOS/c1-3-16(11-13-8-6-10-18-13)15(17)14-9-5-4-7-12(14)2/h4-10H,3,11H2,1-2H3. The highest BCUT2D eigenvalue weighted by molar-refractivity contribution is 7.09. The first-order valence-electron chi connectivity index (χ1n) is 6.09. The zero-order valence-corrected chi connectivity index (χ0v) is 11.5. The summed E-state index contributed by atoms with van der Waals surface area (Å²) in [6.45, 7) is 5.42. The molecule has 1 aromatic heterocycles. The van der Waals surface area contributed by atoms with Crippen LogP contribution < -0.4 is 0 Å². The second kappa shape index (κ2) is 5.83. The summed E-state index contributed by atoms with van der Waals surface area (Å²) in [5.41, 5.74) is 1.84. The van der Waals surface area contributed by atoms with Gasteiger partial charge in [-0.3, -0.25) is 4.79 Å². The minimum atomic E-state index is 0.115. The van der Waals surface area contributed by atoms with Gasteiger partial charge in [0.1, 0.15) is 0 Å². The van der Waals surface area contributed by atoms with Gasteiger partial charge in [-0.15, -0.1) is 11.3 Å². The summed E-state index contributed by atoms with van der Waals surface area (Å²) in [5, 5.41) is 2.04. The van der Waals surface area contributed by atoms with Gasteiger partial charge in [0.05, 0.1) is 6.54 Å². The van der Waals surface area contributed by atoms with Crippen molar-refractivity contribution in [2.24, 2.45) is 0 Å². The zero-order chi connectivity index (χ0) is 13.0. The summed E-state index contributed by atoms with van der Waals surface area (Å²) >= 11 is 1.69. The predicted molar refractivity (Wildman–Crippen MR) is 75.9 cm³/mol. The van der Waals surface area contributed by atoms with Gasteiger partial charge in [0.25, 0.3) is 5.91 Å². The second-order valence-corrected chi connectivity index (χ2v) is 5.25. The maximum atomic E-state index is 12.5. The summed E-state index contributed by atoms with van der Waals surface area (Å²) in [6.07, 6.45) is 0. The number of carbonyl (C=O) groups is 1. The molecule has 94 valence electrons. The number of thiophene rings is 1. The van der Waals surface area contributed by atoms with Crippen LogP contribution >= 0.6 is 11.3 Å². The van der Waals surface area contributed by atoms with Crippen LogP contribution in [0.15, 0.2) is 41.8 Å². The number of benzene rings is 1. The Kier molecular flexibility index (Phi) is 4.15. The fourth-order valence-electron chi connectivity index (χ4n) is 1.90. The van der Waals surface area contributed by atoms with Gasteiger partial charge in [-0.1, -0.05) is 24.3 Å². The van der Waals surface area contributed by atoms with E-state index in [1.54, 1.807) is 11.3 Å². The van der Waals surface area contributed by atoms with Crippen molar-refractivity contribution < 1.29 is 4.79 Å². The molecule has 0 N–H and O–H groups in total. The van der Waals surface area contributed by atoms with Crippen LogP contribution in [0.25, 0.3) is 0 Å². The lowest BCUT2D eigenvalue weighted by molar-refractivity contribution is 0.0753. The van der Waals surface area contributed by atoms with E-state index in [4.69, 9.17) is 0 Å².